The number of hydrogen-bond acceptors (Lipinski definition) is 3. The normalized spacial score (nSPS) is 35.8. The average Bonchev–Trinajstić information content (AvgIpc) is 3.04. The van der Waals surface area contributed by atoms with Gasteiger partial charge in [-0.1, -0.05) is 24.6 Å². The molecule has 1 aromatic rings. The van der Waals surface area contributed by atoms with E-state index in [0.717, 1.165) is 31.7 Å². The Bertz CT molecular complexity index is 643. The van der Waals surface area contributed by atoms with Crippen LogP contribution in [0.15, 0.2) is 30.3 Å². The maximum absolute atomic E-state index is 12.8. The van der Waals surface area contributed by atoms with Gasteiger partial charge in [0.25, 0.3) is 5.91 Å². The van der Waals surface area contributed by atoms with Gasteiger partial charge in [0.15, 0.2) is 0 Å². The molecule has 4 atom stereocenters. The quantitative estimate of drug-likeness (QED) is 0.920. The monoisotopic (exact) mass is 340 g/mol. The van der Waals surface area contributed by atoms with Crippen molar-refractivity contribution in [2.75, 3.05) is 19.7 Å². The van der Waals surface area contributed by atoms with Gasteiger partial charge in [-0.2, -0.15) is 0 Å². The summed E-state index contributed by atoms with van der Waals surface area (Å²) in [5.74, 6) is 0.890. The average molecular weight is 340 g/mol. The van der Waals surface area contributed by atoms with E-state index < -0.39 is 0 Å². The number of amides is 1. The van der Waals surface area contributed by atoms with Crippen LogP contribution in [0.4, 0.5) is 0 Å². The van der Waals surface area contributed by atoms with Gasteiger partial charge >= 0.3 is 0 Å². The van der Waals surface area contributed by atoms with Crippen molar-refractivity contribution in [2.24, 2.45) is 11.3 Å². The summed E-state index contributed by atoms with van der Waals surface area (Å²) in [4.78, 5) is 14.8. The van der Waals surface area contributed by atoms with Crippen LogP contribution >= 0.6 is 0 Å². The van der Waals surface area contributed by atoms with Crippen LogP contribution in [0.5, 0.6) is 0 Å². The predicted molar refractivity (Wildman–Crippen MR) is 96.4 cm³/mol. The number of benzene rings is 1. The number of hydrogen-bond donors (Lipinski definition) is 1. The van der Waals surface area contributed by atoms with Gasteiger partial charge in [-0.05, 0) is 44.2 Å². The summed E-state index contributed by atoms with van der Waals surface area (Å²) in [6, 6.07) is 10.8. The van der Waals surface area contributed by atoms with Crippen molar-refractivity contribution in [2.45, 2.75) is 56.7 Å². The highest BCUT2D eigenvalue weighted by Gasteiger charge is 2.66. The molecule has 25 heavy (non-hydrogen) atoms. The minimum Gasteiger partial charge on any atom is -0.377 e. The summed E-state index contributed by atoms with van der Waals surface area (Å²) in [6.45, 7) is 2.67. The van der Waals surface area contributed by atoms with E-state index in [4.69, 9.17) is 4.74 Å². The van der Waals surface area contributed by atoms with Crippen molar-refractivity contribution in [1.29, 1.82) is 0 Å². The Morgan fingerprint density at radius 3 is 2.76 bits per heavy atom. The molecule has 1 aromatic carbocycles. The third kappa shape index (κ3) is 2.45. The molecule has 1 N–H and O–H groups in total. The summed E-state index contributed by atoms with van der Waals surface area (Å²) < 4.78 is 6.04. The molecule has 4 nitrogen and oxygen atoms in total. The van der Waals surface area contributed by atoms with Crippen molar-refractivity contribution in [3.05, 3.63) is 35.9 Å². The van der Waals surface area contributed by atoms with Crippen molar-refractivity contribution in [3.8, 4) is 0 Å². The van der Waals surface area contributed by atoms with Crippen LogP contribution in [-0.4, -0.2) is 48.7 Å². The zero-order valence-electron chi connectivity index (χ0n) is 14.8. The first-order chi connectivity index (χ1) is 12.3. The minimum atomic E-state index is 0.182. The Hall–Kier alpha value is -1.39. The summed E-state index contributed by atoms with van der Waals surface area (Å²) in [6.07, 6.45) is 8.02. The van der Waals surface area contributed by atoms with Gasteiger partial charge < -0.3 is 15.0 Å². The van der Waals surface area contributed by atoms with E-state index in [2.05, 4.69) is 5.32 Å². The number of fused-ring (bicyclic) bond motifs is 2. The molecule has 2 heterocycles. The molecule has 2 saturated heterocycles. The van der Waals surface area contributed by atoms with E-state index in [9.17, 15) is 4.79 Å². The lowest BCUT2D eigenvalue weighted by atomic mass is 9.46. The van der Waals surface area contributed by atoms with E-state index >= 15 is 0 Å². The first-order valence-corrected chi connectivity index (χ1v) is 10.00. The molecule has 1 amide bonds. The first-order valence-electron chi connectivity index (χ1n) is 10.00. The topological polar surface area (TPSA) is 41.6 Å². The highest BCUT2D eigenvalue weighted by atomic mass is 16.5. The van der Waals surface area contributed by atoms with Crippen LogP contribution in [0.2, 0.25) is 0 Å². The number of carbonyl (C=O) groups is 1. The molecule has 134 valence electrons. The van der Waals surface area contributed by atoms with Crippen molar-refractivity contribution < 1.29 is 9.53 Å². The number of nitrogens with one attached hydrogen (secondary N) is 1. The zero-order valence-corrected chi connectivity index (χ0v) is 14.8. The second-order valence-electron chi connectivity index (χ2n) is 8.43. The highest BCUT2D eigenvalue weighted by molar-refractivity contribution is 5.94. The van der Waals surface area contributed by atoms with Crippen molar-refractivity contribution >= 4 is 5.91 Å². The molecular formula is C21H28N2O2. The minimum absolute atomic E-state index is 0.182. The Balaban J connectivity index is 1.25. The van der Waals surface area contributed by atoms with Crippen LogP contribution in [0.1, 0.15) is 48.9 Å². The summed E-state index contributed by atoms with van der Waals surface area (Å²) in [5.41, 5.74) is 1.24. The third-order valence-electron chi connectivity index (χ3n) is 7.18. The molecule has 0 aromatic heterocycles. The van der Waals surface area contributed by atoms with Crippen LogP contribution in [0.25, 0.3) is 0 Å². The Morgan fingerprint density at radius 1 is 1.16 bits per heavy atom. The lowest BCUT2D eigenvalue weighted by Gasteiger charge is -2.64. The number of carbonyl (C=O) groups excluding carboxylic acids is 1. The lowest BCUT2D eigenvalue weighted by molar-refractivity contribution is -0.179. The molecule has 2 aliphatic carbocycles. The Labute approximate surface area is 149 Å². The van der Waals surface area contributed by atoms with Gasteiger partial charge in [-0.15, -0.1) is 0 Å². The molecule has 5 rings (SSSR count). The molecule has 4 aliphatic rings. The fourth-order valence-electron chi connectivity index (χ4n) is 5.81. The van der Waals surface area contributed by atoms with Crippen LogP contribution in [0, 0.1) is 11.3 Å². The van der Waals surface area contributed by atoms with Crippen molar-refractivity contribution in [3.63, 3.8) is 0 Å². The SMILES string of the molecule is O=C(c1ccccc1)N1CCC[C@H](N[C@@H]2[C@H]3CCO[C@@H]3C23CCC3)C1. The smallest absolute Gasteiger partial charge is 0.253 e. The highest BCUT2D eigenvalue weighted by Crippen LogP contribution is 2.62. The van der Waals surface area contributed by atoms with E-state index in [1.807, 2.05) is 35.2 Å². The molecule has 0 radical (unpaired) electrons. The predicted octanol–water partition coefficient (Wildman–Crippen LogP) is 2.84. The van der Waals surface area contributed by atoms with Gasteiger partial charge in [0.1, 0.15) is 0 Å². The standard InChI is InChI=1S/C21H28N2O2/c24-20(15-6-2-1-3-7-15)23-12-4-8-16(14-23)22-18-17-9-13-25-19(17)21(18)10-5-11-21/h1-3,6-7,16-19,22H,4-5,8-14H2/t16-,17+,18+,19-/m0/s1. The number of piperidine rings is 1. The number of nitrogens with zero attached hydrogens (tertiary/aromatic N) is 1. The molecule has 0 unspecified atom stereocenters. The maximum Gasteiger partial charge on any atom is 0.253 e. The van der Waals surface area contributed by atoms with Crippen LogP contribution < -0.4 is 5.32 Å². The van der Waals surface area contributed by atoms with Crippen LogP contribution in [-0.2, 0) is 4.74 Å². The van der Waals surface area contributed by atoms with E-state index in [-0.39, 0.29) is 5.91 Å². The van der Waals surface area contributed by atoms with E-state index in [1.165, 1.54) is 32.1 Å². The second kappa shape index (κ2) is 6.10. The molecular weight excluding hydrogens is 312 g/mol. The fourth-order valence-corrected chi connectivity index (χ4v) is 5.81. The van der Waals surface area contributed by atoms with Gasteiger partial charge in [0.2, 0.25) is 0 Å². The van der Waals surface area contributed by atoms with Crippen LogP contribution in [0.3, 0.4) is 0 Å². The van der Waals surface area contributed by atoms with Crippen molar-refractivity contribution in [1.82, 2.24) is 10.2 Å². The second-order valence-corrected chi connectivity index (χ2v) is 8.43. The molecule has 2 saturated carbocycles. The summed E-state index contributed by atoms with van der Waals surface area (Å²) in [5, 5.41) is 3.98. The van der Waals surface area contributed by atoms with E-state index in [1.54, 1.807) is 0 Å². The maximum atomic E-state index is 12.8. The molecule has 4 heteroatoms. The number of rotatable bonds is 3. The zero-order chi connectivity index (χ0) is 16.9. The van der Waals surface area contributed by atoms with Gasteiger partial charge in [-0.25, -0.2) is 0 Å². The summed E-state index contributed by atoms with van der Waals surface area (Å²) >= 11 is 0. The van der Waals surface area contributed by atoms with E-state index in [0.29, 0.717) is 29.5 Å². The third-order valence-corrected chi connectivity index (χ3v) is 7.18. The number of ether oxygens (including phenoxy) is 1. The lowest BCUT2D eigenvalue weighted by Crippen LogP contribution is -2.73. The molecule has 2 aliphatic heterocycles. The molecule has 0 bridgehead atoms. The number of likely N-dealkylation sites (tertiary alicyclic amines) is 1. The first kappa shape index (κ1) is 15.8. The Kier molecular flexibility index (Phi) is 3.86. The fraction of sp³-hybridized carbons (Fsp3) is 0.667. The Morgan fingerprint density at radius 2 is 2.00 bits per heavy atom. The van der Waals surface area contributed by atoms with Gasteiger partial charge in [0, 0.05) is 48.7 Å². The van der Waals surface area contributed by atoms with Gasteiger partial charge in [-0.3, -0.25) is 4.79 Å². The molecule has 1 spiro atoms. The summed E-state index contributed by atoms with van der Waals surface area (Å²) in [7, 11) is 0. The largest absolute Gasteiger partial charge is 0.377 e. The molecule has 4 fully saturated rings. The van der Waals surface area contributed by atoms with Gasteiger partial charge in [0.05, 0.1) is 6.10 Å².